The minimum atomic E-state index is -5.35. The minimum absolute atomic E-state index is 0.102. The highest BCUT2D eigenvalue weighted by atomic mass is 19.4. The predicted molar refractivity (Wildman–Crippen MR) is 96.0 cm³/mol. The minimum Gasteiger partial charge on any atom is -0.497 e. The van der Waals surface area contributed by atoms with Gasteiger partial charge in [-0.3, -0.25) is 0 Å². The lowest BCUT2D eigenvalue weighted by atomic mass is 10.0. The highest BCUT2D eigenvalue weighted by molar-refractivity contribution is 5.69. The Hall–Kier alpha value is -3.30. The molecule has 0 saturated heterocycles. The molecule has 30 heavy (non-hydrogen) atoms. The van der Waals surface area contributed by atoms with Crippen LogP contribution in [0.3, 0.4) is 0 Å². The van der Waals surface area contributed by atoms with Gasteiger partial charge in [0, 0.05) is 11.1 Å². The van der Waals surface area contributed by atoms with Crippen LogP contribution in [0.25, 0.3) is 22.6 Å². The molecule has 0 saturated carbocycles. The maximum atomic E-state index is 13.7. The van der Waals surface area contributed by atoms with Crippen LogP contribution in [-0.2, 0) is 12.4 Å². The zero-order chi connectivity index (χ0) is 22.1. The van der Waals surface area contributed by atoms with Gasteiger partial charge >= 0.3 is 12.4 Å². The van der Waals surface area contributed by atoms with E-state index in [2.05, 4.69) is 9.97 Å². The number of alkyl halides is 6. The summed E-state index contributed by atoms with van der Waals surface area (Å²) in [5.74, 6) is 0.244. The number of hydrogen-bond donors (Lipinski definition) is 0. The molecule has 0 unspecified atom stereocenters. The number of rotatable bonds is 4. The monoisotopic (exact) mass is 428 g/mol. The molecule has 0 atom stereocenters. The standard InChI is InChI=1S/C20H14F6N2O2/c1-29-13-7-3-11(4-8-13)16-15(19(21,22)23)17(20(24,25)26)28-18(27-16)12-5-9-14(30-2)10-6-12/h3-10H,1-2H3. The number of aromatic nitrogens is 2. The third-order valence-electron chi connectivity index (χ3n) is 4.17. The van der Waals surface area contributed by atoms with Crippen LogP contribution in [-0.4, -0.2) is 24.2 Å². The molecule has 4 nitrogen and oxygen atoms in total. The lowest BCUT2D eigenvalue weighted by Gasteiger charge is -2.19. The molecule has 0 N–H and O–H groups in total. The van der Waals surface area contributed by atoms with E-state index in [1.54, 1.807) is 0 Å². The quantitative estimate of drug-likeness (QED) is 0.488. The number of nitrogens with zero attached hydrogens (tertiary/aromatic N) is 2. The first-order valence-electron chi connectivity index (χ1n) is 8.40. The summed E-state index contributed by atoms with van der Waals surface area (Å²) in [4.78, 5) is 7.09. The maximum absolute atomic E-state index is 13.7. The second kappa shape index (κ2) is 7.85. The second-order valence-electron chi connectivity index (χ2n) is 6.07. The van der Waals surface area contributed by atoms with Crippen molar-refractivity contribution >= 4 is 0 Å². The van der Waals surface area contributed by atoms with Crippen molar-refractivity contribution in [1.82, 2.24) is 9.97 Å². The molecule has 3 rings (SSSR count). The summed E-state index contributed by atoms with van der Waals surface area (Å²) in [6.45, 7) is 0. The highest BCUT2D eigenvalue weighted by Gasteiger charge is 2.47. The van der Waals surface area contributed by atoms with Crippen LogP contribution in [0.4, 0.5) is 26.3 Å². The molecule has 0 aliphatic heterocycles. The fourth-order valence-corrected chi connectivity index (χ4v) is 2.76. The van der Waals surface area contributed by atoms with Crippen LogP contribution in [0, 0.1) is 0 Å². The summed E-state index contributed by atoms with van der Waals surface area (Å²) < 4.78 is 91.7. The molecule has 1 aromatic heterocycles. The molecule has 2 aromatic carbocycles. The van der Waals surface area contributed by atoms with Gasteiger partial charge in [0.05, 0.1) is 19.9 Å². The number of methoxy groups -OCH3 is 2. The van der Waals surface area contributed by atoms with E-state index in [9.17, 15) is 26.3 Å². The first kappa shape index (κ1) is 21.4. The van der Waals surface area contributed by atoms with E-state index in [0.29, 0.717) is 11.5 Å². The highest BCUT2D eigenvalue weighted by Crippen LogP contribution is 2.44. The Kier molecular flexibility index (Phi) is 5.60. The van der Waals surface area contributed by atoms with E-state index in [0.717, 1.165) is 0 Å². The molecule has 0 radical (unpaired) electrons. The molecule has 0 fully saturated rings. The van der Waals surface area contributed by atoms with E-state index < -0.39 is 35.1 Å². The maximum Gasteiger partial charge on any atom is 0.434 e. The van der Waals surface area contributed by atoms with Crippen molar-refractivity contribution in [3.8, 4) is 34.1 Å². The van der Waals surface area contributed by atoms with Gasteiger partial charge in [-0.1, -0.05) is 0 Å². The first-order chi connectivity index (χ1) is 14.0. The summed E-state index contributed by atoms with van der Waals surface area (Å²) >= 11 is 0. The molecule has 0 aliphatic rings. The molecule has 1 heterocycles. The SMILES string of the molecule is COc1ccc(-c2nc(-c3ccc(OC)cc3)c(C(F)(F)F)c(C(F)(F)F)n2)cc1. The van der Waals surface area contributed by atoms with Crippen molar-refractivity contribution in [1.29, 1.82) is 0 Å². The zero-order valence-electron chi connectivity index (χ0n) is 15.6. The lowest BCUT2D eigenvalue weighted by molar-refractivity contribution is -0.164. The summed E-state index contributed by atoms with van der Waals surface area (Å²) in [5, 5.41) is 0. The summed E-state index contributed by atoms with van der Waals surface area (Å²) in [6, 6.07) is 10.7. The summed E-state index contributed by atoms with van der Waals surface area (Å²) in [5.41, 5.74) is -4.94. The van der Waals surface area contributed by atoms with E-state index in [1.165, 1.54) is 62.8 Å². The molecule has 10 heteroatoms. The average molecular weight is 428 g/mol. The molecule has 0 spiro atoms. The summed E-state index contributed by atoms with van der Waals surface area (Å²) in [6.07, 6.45) is -10.7. The van der Waals surface area contributed by atoms with Crippen molar-refractivity contribution in [3.63, 3.8) is 0 Å². The fraction of sp³-hybridized carbons (Fsp3) is 0.200. The number of ether oxygens (including phenoxy) is 2. The van der Waals surface area contributed by atoms with E-state index in [4.69, 9.17) is 9.47 Å². The van der Waals surface area contributed by atoms with Crippen LogP contribution in [0.1, 0.15) is 11.3 Å². The van der Waals surface area contributed by atoms with Crippen LogP contribution < -0.4 is 9.47 Å². The Balaban J connectivity index is 2.32. The third kappa shape index (κ3) is 4.32. The van der Waals surface area contributed by atoms with Gasteiger partial charge < -0.3 is 9.47 Å². The molecule has 158 valence electrons. The molecule has 0 bridgehead atoms. The normalized spacial score (nSPS) is 12.0. The van der Waals surface area contributed by atoms with Gasteiger partial charge in [-0.2, -0.15) is 26.3 Å². The van der Waals surface area contributed by atoms with Gasteiger partial charge in [0.1, 0.15) is 17.1 Å². The number of halogens is 6. The molecular formula is C20H14F6N2O2. The Morgan fingerprint density at radius 3 is 1.50 bits per heavy atom. The van der Waals surface area contributed by atoms with E-state index >= 15 is 0 Å². The van der Waals surface area contributed by atoms with Gasteiger partial charge in [0.25, 0.3) is 0 Å². The Labute approximate surface area is 167 Å². The van der Waals surface area contributed by atoms with Crippen molar-refractivity contribution in [2.45, 2.75) is 12.4 Å². The van der Waals surface area contributed by atoms with Gasteiger partial charge in [0.15, 0.2) is 11.5 Å². The molecule has 3 aromatic rings. The van der Waals surface area contributed by atoms with Gasteiger partial charge in [0.2, 0.25) is 0 Å². The molecule has 0 amide bonds. The average Bonchev–Trinajstić information content (AvgIpc) is 2.71. The predicted octanol–water partition coefficient (Wildman–Crippen LogP) is 5.87. The van der Waals surface area contributed by atoms with Gasteiger partial charge in [-0.05, 0) is 48.5 Å². The first-order valence-corrected chi connectivity index (χ1v) is 8.40. The Morgan fingerprint density at radius 1 is 0.633 bits per heavy atom. The fourth-order valence-electron chi connectivity index (χ4n) is 2.76. The molecular weight excluding hydrogens is 414 g/mol. The Bertz CT molecular complexity index is 1030. The topological polar surface area (TPSA) is 44.2 Å². The van der Waals surface area contributed by atoms with E-state index in [1.807, 2.05) is 0 Å². The summed E-state index contributed by atoms with van der Waals surface area (Å²) in [7, 11) is 2.75. The number of hydrogen-bond acceptors (Lipinski definition) is 4. The Morgan fingerprint density at radius 2 is 1.10 bits per heavy atom. The van der Waals surface area contributed by atoms with Crippen molar-refractivity contribution in [3.05, 3.63) is 59.8 Å². The van der Waals surface area contributed by atoms with Crippen LogP contribution in [0.2, 0.25) is 0 Å². The lowest BCUT2D eigenvalue weighted by Crippen LogP contribution is -2.21. The van der Waals surface area contributed by atoms with Crippen LogP contribution in [0.15, 0.2) is 48.5 Å². The van der Waals surface area contributed by atoms with Crippen molar-refractivity contribution in [2.75, 3.05) is 14.2 Å². The second-order valence-corrected chi connectivity index (χ2v) is 6.07. The zero-order valence-corrected chi connectivity index (χ0v) is 15.6. The van der Waals surface area contributed by atoms with Gasteiger partial charge in [-0.15, -0.1) is 0 Å². The van der Waals surface area contributed by atoms with Crippen molar-refractivity contribution in [2.24, 2.45) is 0 Å². The largest absolute Gasteiger partial charge is 0.497 e. The molecule has 0 aliphatic carbocycles. The smallest absolute Gasteiger partial charge is 0.434 e. The van der Waals surface area contributed by atoms with Gasteiger partial charge in [-0.25, -0.2) is 9.97 Å². The number of benzene rings is 2. The van der Waals surface area contributed by atoms with E-state index in [-0.39, 0.29) is 11.1 Å². The van der Waals surface area contributed by atoms with Crippen LogP contribution in [0.5, 0.6) is 11.5 Å². The van der Waals surface area contributed by atoms with Crippen LogP contribution >= 0.6 is 0 Å². The van der Waals surface area contributed by atoms with Crippen molar-refractivity contribution < 1.29 is 35.8 Å². The third-order valence-corrected chi connectivity index (χ3v) is 4.17.